The molecule has 5 N–H and O–H groups in total. The molecule has 0 atom stereocenters. The molecule has 2 aromatic rings. The zero-order valence-corrected chi connectivity index (χ0v) is 11.6. The zero-order valence-electron chi connectivity index (χ0n) is 11.6. The molecule has 2 heterocycles. The number of aromatic nitrogens is 2. The van der Waals surface area contributed by atoms with E-state index in [2.05, 4.69) is 33.5 Å². The third-order valence-corrected chi connectivity index (χ3v) is 3.70. The molecule has 0 aliphatic carbocycles. The van der Waals surface area contributed by atoms with Crippen molar-refractivity contribution in [1.82, 2.24) is 9.97 Å². The summed E-state index contributed by atoms with van der Waals surface area (Å²) in [5.74, 6) is 0.685. The summed E-state index contributed by atoms with van der Waals surface area (Å²) in [6, 6.07) is 6.39. The number of anilines is 3. The van der Waals surface area contributed by atoms with Gasteiger partial charge in [-0.25, -0.2) is 4.98 Å². The van der Waals surface area contributed by atoms with E-state index in [-0.39, 0.29) is 5.95 Å². The van der Waals surface area contributed by atoms with Gasteiger partial charge in [0, 0.05) is 17.8 Å². The predicted molar refractivity (Wildman–Crippen MR) is 82.5 cm³/mol. The number of hydrogen-bond donors (Lipinski definition) is 3. The lowest BCUT2D eigenvalue weighted by Crippen LogP contribution is -2.12. The second-order valence-electron chi connectivity index (χ2n) is 5.04. The fourth-order valence-electron chi connectivity index (χ4n) is 2.73. The lowest BCUT2D eigenvalue weighted by Gasteiger charge is -2.19. The van der Waals surface area contributed by atoms with Crippen LogP contribution in [0.2, 0.25) is 0 Å². The van der Waals surface area contributed by atoms with Gasteiger partial charge in [0.25, 0.3) is 0 Å². The van der Waals surface area contributed by atoms with Crippen molar-refractivity contribution < 1.29 is 0 Å². The van der Waals surface area contributed by atoms with Crippen LogP contribution in [0.4, 0.5) is 17.5 Å². The summed E-state index contributed by atoms with van der Waals surface area (Å²) in [7, 11) is 0. The molecule has 5 nitrogen and oxygen atoms in total. The number of hydrogen-bond acceptors (Lipinski definition) is 5. The number of benzene rings is 1. The number of aryl methyl sites for hydroxylation is 2. The van der Waals surface area contributed by atoms with E-state index < -0.39 is 0 Å². The Morgan fingerprint density at radius 1 is 1.25 bits per heavy atom. The van der Waals surface area contributed by atoms with Gasteiger partial charge in [-0.1, -0.05) is 19.1 Å². The molecule has 1 aliphatic heterocycles. The molecule has 0 saturated heterocycles. The predicted octanol–water partition coefficient (Wildman–Crippen LogP) is 2.23. The summed E-state index contributed by atoms with van der Waals surface area (Å²) >= 11 is 0. The molecule has 0 saturated carbocycles. The summed E-state index contributed by atoms with van der Waals surface area (Å²) in [6.07, 6.45) is 3.08. The Morgan fingerprint density at radius 2 is 2.10 bits per heavy atom. The molecule has 1 aromatic heterocycles. The van der Waals surface area contributed by atoms with E-state index in [9.17, 15) is 0 Å². The molecular weight excluding hydrogens is 250 g/mol. The molecule has 104 valence electrons. The van der Waals surface area contributed by atoms with Gasteiger partial charge in [-0.3, -0.25) is 0 Å². The highest BCUT2D eigenvalue weighted by Crippen LogP contribution is 2.33. The lowest BCUT2D eigenvalue weighted by molar-refractivity contribution is 0.830. The molecule has 0 spiro atoms. The normalized spacial score (nSPS) is 13.7. The van der Waals surface area contributed by atoms with E-state index in [0.29, 0.717) is 5.82 Å². The third-order valence-electron chi connectivity index (χ3n) is 3.70. The van der Waals surface area contributed by atoms with Crippen LogP contribution in [-0.4, -0.2) is 16.5 Å². The maximum Gasteiger partial charge on any atom is 0.222 e. The minimum Gasteiger partial charge on any atom is -0.385 e. The van der Waals surface area contributed by atoms with E-state index in [1.807, 2.05) is 6.92 Å². The van der Waals surface area contributed by atoms with E-state index in [1.165, 1.54) is 17.7 Å². The van der Waals surface area contributed by atoms with Gasteiger partial charge in [-0.2, -0.15) is 4.98 Å². The molecule has 0 radical (unpaired) electrons. The van der Waals surface area contributed by atoms with Crippen LogP contribution in [0.5, 0.6) is 0 Å². The molecule has 20 heavy (non-hydrogen) atoms. The molecule has 3 rings (SSSR count). The SMILES string of the molecule is CCc1nc(N)nc(N)c1-c1ccc2c(c1)NCCC2. The van der Waals surface area contributed by atoms with E-state index in [4.69, 9.17) is 11.5 Å². The van der Waals surface area contributed by atoms with E-state index in [1.54, 1.807) is 0 Å². The Hall–Kier alpha value is -2.30. The summed E-state index contributed by atoms with van der Waals surface area (Å²) in [5.41, 5.74) is 17.1. The van der Waals surface area contributed by atoms with Gasteiger partial charge in [0.1, 0.15) is 5.82 Å². The molecule has 0 unspecified atom stereocenters. The number of nitrogens with two attached hydrogens (primary N) is 2. The highest BCUT2D eigenvalue weighted by Gasteiger charge is 2.15. The van der Waals surface area contributed by atoms with Crippen LogP contribution < -0.4 is 16.8 Å². The Kier molecular flexibility index (Phi) is 3.18. The number of nitrogen functional groups attached to an aromatic ring is 2. The number of nitrogens with one attached hydrogen (secondary N) is 1. The van der Waals surface area contributed by atoms with Gasteiger partial charge in [0.05, 0.1) is 5.69 Å². The van der Waals surface area contributed by atoms with Crippen molar-refractivity contribution in [3.8, 4) is 11.1 Å². The second-order valence-corrected chi connectivity index (χ2v) is 5.04. The average molecular weight is 269 g/mol. The second kappa shape index (κ2) is 5.00. The van der Waals surface area contributed by atoms with E-state index >= 15 is 0 Å². The highest BCUT2D eigenvalue weighted by atomic mass is 15.0. The quantitative estimate of drug-likeness (QED) is 0.777. The van der Waals surface area contributed by atoms with Crippen molar-refractivity contribution in [2.75, 3.05) is 23.3 Å². The monoisotopic (exact) mass is 269 g/mol. The van der Waals surface area contributed by atoms with Gasteiger partial charge < -0.3 is 16.8 Å². The topological polar surface area (TPSA) is 89.8 Å². The van der Waals surface area contributed by atoms with Gasteiger partial charge >= 0.3 is 0 Å². The first-order valence-corrected chi connectivity index (χ1v) is 6.98. The van der Waals surface area contributed by atoms with Gasteiger partial charge in [0.2, 0.25) is 5.95 Å². The summed E-state index contributed by atoms with van der Waals surface area (Å²) < 4.78 is 0. The average Bonchev–Trinajstić information content (AvgIpc) is 2.46. The Morgan fingerprint density at radius 3 is 2.90 bits per heavy atom. The van der Waals surface area contributed by atoms with Crippen LogP contribution >= 0.6 is 0 Å². The third kappa shape index (κ3) is 2.15. The standard InChI is InChI=1S/C15H19N5/c1-2-11-13(14(16)20-15(17)19-11)10-6-5-9-4-3-7-18-12(9)8-10/h5-6,8,18H,2-4,7H2,1H3,(H4,16,17,19,20). The summed E-state index contributed by atoms with van der Waals surface area (Å²) in [5, 5.41) is 3.43. The van der Waals surface area contributed by atoms with Crippen LogP contribution in [0.1, 0.15) is 24.6 Å². The molecule has 0 fully saturated rings. The molecule has 5 heteroatoms. The molecular formula is C15H19N5. The van der Waals surface area contributed by atoms with Gasteiger partial charge in [-0.05, 0) is 36.5 Å². The number of fused-ring (bicyclic) bond motifs is 1. The maximum absolute atomic E-state index is 6.05. The van der Waals surface area contributed by atoms with Crippen LogP contribution in [0, 0.1) is 0 Å². The van der Waals surface area contributed by atoms with Crippen molar-refractivity contribution >= 4 is 17.5 Å². The Labute approximate surface area is 118 Å². The smallest absolute Gasteiger partial charge is 0.222 e. The van der Waals surface area contributed by atoms with Crippen molar-refractivity contribution in [3.05, 3.63) is 29.5 Å². The van der Waals surface area contributed by atoms with Gasteiger partial charge in [0.15, 0.2) is 0 Å². The van der Waals surface area contributed by atoms with Crippen LogP contribution in [0.3, 0.4) is 0 Å². The Bertz CT molecular complexity index is 651. The Balaban J connectivity index is 2.13. The van der Waals surface area contributed by atoms with Crippen molar-refractivity contribution in [1.29, 1.82) is 0 Å². The number of nitrogens with zero attached hydrogens (tertiary/aromatic N) is 2. The molecule has 0 bridgehead atoms. The maximum atomic E-state index is 6.05. The van der Waals surface area contributed by atoms with Crippen LogP contribution in [0.25, 0.3) is 11.1 Å². The minimum atomic E-state index is 0.235. The van der Waals surface area contributed by atoms with Crippen LogP contribution in [0.15, 0.2) is 18.2 Å². The van der Waals surface area contributed by atoms with Crippen LogP contribution in [-0.2, 0) is 12.8 Å². The lowest BCUT2D eigenvalue weighted by atomic mass is 9.97. The summed E-state index contributed by atoms with van der Waals surface area (Å²) in [6.45, 7) is 3.06. The minimum absolute atomic E-state index is 0.235. The number of rotatable bonds is 2. The largest absolute Gasteiger partial charge is 0.385 e. The van der Waals surface area contributed by atoms with Crippen molar-refractivity contribution in [2.24, 2.45) is 0 Å². The first-order valence-electron chi connectivity index (χ1n) is 6.98. The fraction of sp³-hybridized carbons (Fsp3) is 0.333. The first-order chi connectivity index (χ1) is 9.69. The fourth-order valence-corrected chi connectivity index (χ4v) is 2.73. The molecule has 1 aromatic carbocycles. The highest BCUT2D eigenvalue weighted by molar-refractivity contribution is 5.79. The molecule has 1 aliphatic rings. The van der Waals surface area contributed by atoms with Crippen molar-refractivity contribution in [3.63, 3.8) is 0 Å². The van der Waals surface area contributed by atoms with E-state index in [0.717, 1.165) is 36.2 Å². The van der Waals surface area contributed by atoms with Crippen molar-refractivity contribution in [2.45, 2.75) is 26.2 Å². The zero-order chi connectivity index (χ0) is 14.1. The summed E-state index contributed by atoms with van der Waals surface area (Å²) in [4.78, 5) is 8.40. The first kappa shape index (κ1) is 12.7. The molecule has 0 amide bonds. The van der Waals surface area contributed by atoms with Gasteiger partial charge in [-0.15, -0.1) is 0 Å².